The zero-order chi connectivity index (χ0) is 13.0. The van der Waals surface area contributed by atoms with Crippen molar-refractivity contribution in [1.82, 2.24) is 4.98 Å². The van der Waals surface area contributed by atoms with Crippen LogP contribution in [0.4, 0.5) is 5.82 Å². The van der Waals surface area contributed by atoms with Crippen molar-refractivity contribution in [2.24, 2.45) is 5.73 Å². The van der Waals surface area contributed by atoms with Gasteiger partial charge in [-0.15, -0.1) is 0 Å². The summed E-state index contributed by atoms with van der Waals surface area (Å²) in [6.07, 6.45) is 5.78. The van der Waals surface area contributed by atoms with Crippen molar-refractivity contribution in [3.63, 3.8) is 0 Å². The van der Waals surface area contributed by atoms with Gasteiger partial charge in [-0.2, -0.15) is 0 Å². The van der Waals surface area contributed by atoms with Gasteiger partial charge in [0, 0.05) is 18.3 Å². The van der Waals surface area contributed by atoms with Gasteiger partial charge < -0.3 is 15.8 Å². The lowest BCUT2D eigenvalue weighted by atomic mass is 9.92. The Morgan fingerprint density at radius 3 is 2.83 bits per heavy atom. The van der Waals surface area contributed by atoms with Gasteiger partial charge in [-0.3, -0.25) is 0 Å². The van der Waals surface area contributed by atoms with Gasteiger partial charge in [0.2, 0.25) is 0 Å². The average molecular weight is 249 g/mol. The van der Waals surface area contributed by atoms with E-state index in [1.54, 1.807) is 18.3 Å². The van der Waals surface area contributed by atoms with Gasteiger partial charge in [-0.05, 0) is 37.8 Å². The number of hydrogen-bond acceptors (Lipinski definition) is 5. The molecule has 0 amide bonds. The van der Waals surface area contributed by atoms with Gasteiger partial charge >= 0.3 is 5.97 Å². The number of carbonyl (C=O) groups excluding carboxylic acids is 1. The molecule has 0 saturated heterocycles. The number of anilines is 1. The highest BCUT2D eigenvalue weighted by molar-refractivity contribution is 5.89. The van der Waals surface area contributed by atoms with Crippen molar-refractivity contribution in [1.29, 1.82) is 0 Å². The van der Waals surface area contributed by atoms with Gasteiger partial charge in [-0.1, -0.05) is 0 Å². The Morgan fingerprint density at radius 1 is 1.44 bits per heavy atom. The summed E-state index contributed by atoms with van der Waals surface area (Å²) in [5.41, 5.74) is 6.38. The second kappa shape index (κ2) is 5.82. The molecule has 1 aliphatic carbocycles. The molecule has 1 aromatic heterocycles. The van der Waals surface area contributed by atoms with Gasteiger partial charge in [0.1, 0.15) is 5.82 Å². The Hall–Kier alpha value is -1.62. The summed E-state index contributed by atoms with van der Waals surface area (Å²) in [5.74, 6) is 0.379. The lowest BCUT2D eigenvalue weighted by Gasteiger charge is -2.27. The Morgan fingerprint density at radius 2 is 2.17 bits per heavy atom. The zero-order valence-electron chi connectivity index (χ0n) is 10.6. The molecule has 0 bridgehead atoms. The number of nitrogens with one attached hydrogen (secondary N) is 1. The highest BCUT2D eigenvalue weighted by Crippen LogP contribution is 2.20. The van der Waals surface area contributed by atoms with Crippen LogP contribution in [0.3, 0.4) is 0 Å². The first kappa shape index (κ1) is 12.8. The molecule has 1 fully saturated rings. The van der Waals surface area contributed by atoms with E-state index in [0.717, 1.165) is 31.5 Å². The first-order valence-electron chi connectivity index (χ1n) is 6.25. The number of methoxy groups -OCH3 is 1. The maximum absolute atomic E-state index is 11.4. The fourth-order valence-electron chi connectivity index (χ4n) is 2.23. The molecule has 0 unspecified atom stereocenters. The van der Waals surface area contributed by atoms with Crippen LogP contribution in [0, 0.1) is 0 Å². The normalized spacial score (nSPS) is 23.4. The summed E-state index contributed by atoms with van der Waals surface area (Å²) in [4.78, 5) is 15.6. The van der Waals surface area contributed by atoms with Crippen LogP contribution in [-0.4, -0.2) is 30.1 Å². The van der Waals surface area contributed by atoms with E-state index >= 15 is 0 Å². The van der Waals surface area contributed by atoms with Crippen LogP contribution >= 0.6 is 0 Å². The van der Waals surface area contributed by atoms with Crippen molar-refractivity contribution in [2.45, 2.75) is 37.8 Å². The molecule has 5 nitrogen and oxygen atoms in total. The van der Waals surface area contributed by atoms with Crippen molar-refractivity contribution in [2.75, 3.05) is 12.4 Å². The molecule has 0 atom stereocenters. The van der Waals surface area contributed by atoms with E-state index < -0.39 is 0 Å². The number of carbonyl (C=O) groups is 1. The molecule has 98 valence electrons. The van der Waals surface area contributed by atoms with E-state index in [-0.39, 0.29) is 5.97 Å². The van der Waals surface area contributed by atoms with E-state index in [4.69, 9.17) is 5.73 Å². The van der Waals surface area contributed by atoms with Gasteiger partial charge in [-0.25, -0.2) is 9.78 Å². The standard InChI is InChI=1S/C13H19N3O2/c1-18-13(17)9-6-7-15-12(8-9)16-11-4-2-10(14)3-5-11/h6-8,10-11H,2-5,14H2,1H3,(H,15,16). The van der Waals surface area contributed by atoms with Crippen LogP contribution in [0.1, 0.15) is 36.0 Å². The summed E-state index contributed by atoms with van der Waals surface area (Å²) in [5, 5.41) is 3.35. The van der Waals surface area contributed by atoms with Crippen molar-refractivity contribution in [3.8, 4) is 0 Å². The second-order valence-electron chi connectivity index (χ2n) is 4.68. The first-order valence-corrected chi connectivity index (χ1v) is 6.25. The van der Waals surface area contributed by atoms with Crippen LogP contribution in [0.15, 0.2) is 18.3 Å². The molecule has 0 aliphatic heterocycles. The maximum atomic E-state index is 11.4. The molecule has 2 rings (SSSR count). The van der Waals surface area contributed by atoms with E-state index in [1.807, 2.05) is 0 Å². The van der Waals surface area contributed by atoms with E-state index in [1.165, 1.54) is 7.11 Å². The maximum Gasteiger partial charge on any atom is 0.338 e. The van der Waals surface area contributed by atoms with Gasteiger partial charge in [0.05, 0.1) is 12.7 Å². The van der Waals surface area contributed by atoms with Crippen molar-refractivity contribution >= 4 is 11.8 Å². The molecule has 18 heavy (non-hydrogen) atoms. The lowest BCUT2D eigenvalue weighted by Crippen LogP contribution is -2.33. The summed E-state index contributed by atoms with van der Waals surface area (Å²) in [7, 11) is 1.37. The zero-order valence-corrected chi connectivity index (χ0v) is 10.6. The Bertz CT molecular complexity index is 414. The van der Waals surface area contributed by atoms with Crippen molar-refractivity contribution < 1.29 is 9.53 Å². The molecule has 0 radical (unpaired) electrons. The molecule has 0 aromatic carbocycles. The van der Waals surface area contributed by atoms with Gasteiger partial charge in [0.15, 0.2) is 0 Å². The van der Waals surface area contributed by atoms with Crippen molar-refractivity contribution in [3.05, 3.63) is 23.9 Å². The average Bonchev–Trinajstić information content (AvgIpc) is 2.41. The lowest BCUT2D eigenvalue weighted by molar-refractivity contribution is 0.0600. The minimum atomic E-state index is -0.342. The fraction of sp³-hybridized carbons (Fsp3) is 0.538. The number of ether oxygens (including phenoxy) is 1. The van der Waals surface area contributed by atoms with E-state index in [2.05, 4.69) is 15.0 Å². The number of rotatable bonds is 3. The quantitative estimate of drug-likeness (QED) is 0.795. The van der Waals surface area contributed by atoms with E-state index in [9.17, 15) is 4.79 Å². The summed E-state index contributed by atoms with van der Waals surface area (Å²) >= 11 is 0. The Balaban J connectivity index is 1.99. The number of hydrogen-bond donors (Lipinski definition) is 2. The molecule has 3 N–H and O–H groups in total. The predicted octanol–water partition coefficient (Wildman–Crippen LogP) is 1.55. The van der Waals surface area contributed by atoms with Crippen LogP contribution in [0.25, 0.3) is 0 Å². The molecule has 1 aliphatic rings. The predicted molar refractivity (Wildman–Crippen MR) is 69.4 cm³/mol. The number of aromatic nitrogens is 1. The fourth-order valence-corrected chi connectivity index (χ4v) is 2.23. The third-order valence-corrected chi connectivity index (χ3v) is 3.30. The summed E-state index contributed by atoms with van der Waals surface area (Å²) in [6.45, 7) is 0. The minimum Gasteiger partial charge on any atom is -0.465 e. The van der Waals surface area contributed by atoms with E-state index in [0.29, 0.717) is 17.6 Å². The molecule has 1 aromatic rings. The van der Waals surface area contributed by atoms with Crippen LogP contribution in [0.2, 0.25) is 0 Å². The monoisotopic (exact) mass is 249 g/mol. The first-order chi connectivity index (χ1) is 8.69. The van der Waals surface area contributed by atoms with Gasteiger partial charge in [0.25, 0.3) is 0 Å². The molecule has 0 spiro atoms. The number of esters is 1. The summed E-state index contributed by atoms with van der Waals surface area (Å²) in [6, 6.07) is 4.09. The summed E-state index contributed by atoms with van der Waals surface area (Å²) < 4.78 is 4.68. The molecular formula is C13H19N3O2. The third kappa shape index (κ3) is 3.20. The Kier molecular flexibility index (Phi) is 4.15. The highest BCUT2D eigenvalue weighted by Gasteiger charge is 2.18. The van der Waals surface area contributed by atoms with Crippen LogP contribution in [-0.2, 0) is 4.74 Å². The Labute approximate surface area is 107 Å². The highest BCUT2D eigenvalue weighted by atomic mass is 16.5. The van der Waals surface area contributed by atoms with Crippen LogP contribution in [0.5, 0.6) is 0 Å². The largest absolute Gasteiger partial charge is 0.465 e. The number of nitrogens with two attached hydrogens (primary N) is 1. The third-order valence-electron chi connectivity index (χ3n) is 3.30. The SMILES string of the molecule is COC(=O)c1ccnc(NC2CCC(N)CC2)c1. The number of nitrogens with zero attached hydrogens (tertiary/aromatic N) is 1. The molecular weight excluding hydrogens is 230 g/mol. The minimum absolute atomic E-state index is 0.331. The molecule has 5 heteroatoms. The molecule has 1 heterocycles. The number of pyridine rings is 1. The smallest absolute Gasteiger partial charge is 0.338 e. The molecule has 1 saturated carbocycles. The van der Waals surface area contributed by atoms with Crippen LogP contribution < -0.4 is 11.1 Å². The topological polar surface area (TPSA) is 77.2 Å². The second-order valence-corrected chi connectivity index (χ2v) is 4.68.